The average molecular weight is 419 g/mol. The van der Waals surface area contributed by atoms with E-state index in [2.05, 4.69) is 97.1 Å². The Hall–Kier alpha value is -3.20. The first kappa shape index (κ1) is 19.5. The van der Waals surface area contributed by atoms with E-state index in [1.807, 2.05) is 14.2 Å². The van der Waals surface area contributed by atoms with E-state index in [4.69, 9.17) is 9.47 Å². The highest BCUT2D eigenvalue weighted by atomic mass is 16.5. The van der Waals surface area contributed by atoms with E-state index in [0.29, 0.717) is 0 Å². The molecule has 32 heavy (non-hydrogen) atoms. The molecule has 6 rings (SSSR count). The number of rotatable bonds is 3. The van der Waals surface area contributed by atoms with Gasteiger partial charge in [0.15, 0.2) is 0 Å². The van der Waals surface area contributed by atoms with Crippen molar-refractivity contribution in [3.05, 3.63) is 142 Å². The highest BCUT2D eigenvalue weighted by Gasteiger charge is 2.42. The van der Waals surface area contributed by atoms with Crippen LogP contribution in [0.3, 0.4) is 0 Å². The molecule has 4 aromatic carbocycles. The Morgan fingerprint density at radius 3 is 0.812 bits per heavy atom. The third-order valence-corrected chi connectivity index (χ3v) is 7.26. The summed E-state index contributed by atoms with van der Waals surface area (Å²) < 4.78 is 12.1. The van der Waals surface area contributed by atoms with Gasteiger partial charge in [-0.15, -0.1) is 0 Å². The van der Waals surface area contributed by atoms with Crippen LogP contribution in [0.4, 0.5) is 0 Å². The Balaban J connectivity index is 1.67. The highest BCUT2D eigenvalue weighted by molar-refractivity contribution is 5.60. The van der Waals surface area contributed by atoms with Crippen LogP contribution in [0, 0.1) is 0 Å². The summed E-state index contributed by atoms with van der Waals surface area (Å²) in [5, 5.41) is 0. The fourth-order valence-corrected chi connectivity index (χ4v) is 6.03. The van der Waals surface area contributed by atoms with E-state index in [0.717, 1.165) is 0 Å². The Labute approximate surface area is 189 Å². The van der Waals surface area contributed by atoms with E-state index < -0.39 is 0 Å². The quantitative estimate of drug-likeness (QED) is 0.366. The van der Waals surface area contributed by atoms with Crippen molar-refractivity contribution in [2.24, 2.45) is 0 Å². The van der Waals surface area contributed by atoms with Gasteiger partial charge in [-0.05, 0) is 44.5 Å². The van der Waals surface area contributed by atoms with Gasteiger partial charge in [0.05, 0.1) is 0 Å². The molecule has 0 amide bonds. The van der Waals surface area contributed by atoms with Crippen LogP contribution in [0.5, 0.6) is 0 Å². The standard InChI is InChI=1S/C30H26O2/c1-31-29-23-15-7-3-11-19(23)27(20-12-4-8-16-24(20)29)28-21-13-5-9-17-25(21)30(32-2)26-18-10-6-14-22(26)28/h3-18,27-30H,1-2H3. The zero-order chi connectivity index (χ0) is 21.7. The highest BCUT2D eigenvalue weighted by Crippen LogP contribution is 2.55. The second-order valence-corrected chi connectivity index (χ2v) is 8.70. The topological polar surface area (TPSA) is 18.5 Å². The third-order valence-electron chi connectivity index (χ3n) is 7.26. The minimum absolute atomic E-state index is 0.0422. The number of hydrogen-bond acceptors (Lipinski definition) is 2. The first-order chi connectivity index (χ1) is 15.8. The van der Waals surface area contributed by atoms with Crippen LogP contribution in [0.15, 0.2) is 97.1 Å². The molecule has 2 heteroatoms. The number of hydrogen-bond donors (Lipinski definition) is 0. The maximum Gasteiger partial charge on any atom is 0.108 e. The maximum atomic E-state index is 6.03. The second-order valence-electron chi connectivity index (χ2n) is 8.70. The number of methoxy groups -OCH3 is 2. The lowest BCUT2D eigenvalue weighted by molar-refractivity contribution is 0.128. The molecular weight excluding hydrogens is 392 g/mol. The first-order valence-corrected chi connectivity index (χ1v) is 11.2. The van der Waals surface area contributed by atoms with Crippen molar-refractivity contribution in [1.29, 1.82) is 0 Å². The number of ether oxygens (including phenoxy) is 2. The van der Waals surface area contributed by atoms with Crippen LogP contribution >= 0.6 is 0 Å². The lowest BCUT2D eigenvalue weighted by atomic mass is 9.63. The van der Waals surface area contributed by atoms with Gasteiger partial charge in [0.1, 0.15) is 12.2 Å². The van der Waals surface area contributed by atoms with E-state index in [1.54, 1.807) is 0 Å². The molecule has 0 unspecified atom stereocenters. The maximum absolute atomic E-state index is 6.03. The smallest absolute Gasteiger partial charge is 0.108 e. The predicted octanol–water partition coefficient (Wildman–Crippen LogP) is 6.75. The normalized spacial score (nSPS) is 22.9. The van der Waals surface area contributed by atoms with Crippen molar-refractivity contribution in [3.63, 3.8) is 0 Å². The summed E-state index contributed by atoms with van der Waals surface area (Å²) in [6, 6.07) is 35.2. The summed E-state index contributed by atoms with van der Waals surface area (Å²) in [7, 11) is 3.62. The van der Waals surface area contributed by atoms with Gasteiger partial charge in [0, 0.05) is 26.1 Å². The molecule has 0 N–H and O–H groups in total. The minimum atomic E-state index is -0.0422. The van der Waals surface area contributed by atoms with E-state index >= 15 is 0 Å². The minimum Gasteiger partial charge on any atom is -0.372 e. The predicted molar refractivity (Wildman–Crippen MR) is 127 cm³/mol. The van der Waals surface area contributed by atoms with Crippen LogP contribution in [0.1, 0.15) is 68.6 Å². The molecule has 0 saturated carbocycles. The SMILES string of the molecule is COC1c2ccccc2C(C2c3ccccc3C(OC)c3ccccc32)c2ccccc21. The van der Waals surface area contributed by atoms with Gasteiger partial charge >= 0.3 is 0 Å². The Morgan fingerprint density at radius 2 is 0.594 bits per heavy atom. The largest absolute Gasteiger partial charge is 0.372 e. The van der Waals surface area contributed by atoms with Crippen molar-refractivity contribution >= 4 is 0 Å². The van der Waals surface area contributed by atoms with Crippen molar-refractivity contribution < 1.29 is 9.47 Å². The summed E-state index contributed by atoms with van der Waals surface area (Å²) in [5.74, 6) is 0.405. The van der Waals surface area contributed by atoms with Gasteiger partial charge < -0.3 is 9.47 Å². The molecule has 2 aliphatic carbocycles. The lowest BCUT2D eigenvalue weighted by Gasteiger charge is -2.42. The van der Waals surface area contributed by atoms with Crippen molar-refractivity contribution in [3.8, 4) is 0 Å². The van der Waals surface area contributed by atoms with Crippen LogP contribution in [-0.2, 0) is 9.47 Å². The summed E-state index contributed by atoms with van der Waals surface area (Å²) in [5.41, 5.74) is 10.5. The summed E-state index contributed by atoms with van der Waals surface area (Å²) in [6.45, 7) is 0. The first-order valence-electron chi connectivity index (χ1n) is 11.2. The van der Waals surface area contributed by atoms with Gasteiger partial charge in [-0.3, -0.25) is 0 Å². The summed E-state index contributed by atoms with van der Waals surface area (Å²) in [4.78, 5) is 0. The van der Waals surface area contributed by atoms with E-state index in [-0.39, 0.29) is 24.0 Å². The van der Waals surface area contributed by atoms with Crippen LogP contribution in [0.2, 0.25) is 0 Å². The fraction of sp³-hybridized carbons (Fsp3) is 0.200. The van der Waals surface area contributed by atoms with E-state index in [1.165, 1.54) is 44.5 Å². The molecule has 0 spiro atoms. The Morgan fingerprint density at radius 1 is 0.375 bits per heavy atom. The molecule has 2 aliphatic rings. The molecule has 158 valence electrons. The molecule has 0 fully saturated rings. The summed E-state index contributed by atoms with van der Waals surface area (Å²) >= 11 is 0. The zero-order valence-electron chi connectivity index (χ0n) is 18.4. The molecular formula is C30H26O2. The summed E-state index contributed by atoms with van der Waals surface area (Å²) in [6.07, 6.45) is -0.0843. The molecule has 0 aliphatic heterocycles. The van der Waals surface area contributed by atoms with Crippen molar-refractivity contribution in [1.82, 2.24) is 0 Å². The second kappa shape index (κ2) is 7.74. The van der Waals surface area contributed by atoms with Gasteiger partial charge in [-0.25, -0.2) is 0 Å². The van der Waals surface area contributed by atoms with Crippen LogP contribution < -0.4 is 0 Å². The molecule has 4 aromatic rings. The van der Waals surface area contributed by atoms with Gasteiger partial charge in [0.25, 0.3) is 0 Å². The average Bonchev–Trinajstić information content (AvgIpc) is 2.86. The molecule has 0 atom stereocenters. The molecule has 0 heterocycles. The van der Waals surface area contributed by atoms with Crippen LogP contribution in [0.25, 0.3) is 0 Å². The molecule has 0 bridgehead atoms. The van der Waals surface area contributed by atoms with E-state index in [9.17, 15) is 0 Å². The molecule has 2 nitrogen and oxygen atoms in total. The molecule has 0 saturated heterocycles. The number of benzene rings is 4. The van der Waals surface area contributed by atoms with Crippen molar-refractivity contribution in [2.75, 3.05) is 14.2 Å². The molecule has 0 radical (unpaired) electrons. The number of fused-ring (bicyclic) bond motifs is 4. The fourth-order valence-electron chi connectivity index (χ4n) is 6.03. The third kappa shape index (κ3) is 2.73. The van der Waals surface area contributed by atoms with Gasteiger partial charge in [-0.1, -0.05) is 97.1 Å². The lowest BCUT2D eigenvalue weighted by Crippen LogP contribution is -2.28. The van der Waals surface area contributed by atoms with Gasteiger partial charge in [-0.2, -0.15) is 0 Å². The molecule has 0 aromatic heterocycles. The van der Waals surface area contributed by atoms with Crippen molar-refractivity contribution in [2.45, 2.75) is 24.0 Å². The van der Waals surface area contributed by atoms with Crippen LogP contribution in [-0.4, -0.2) is 14.2 Å². The zero-order valence-corrected chi connectivity index (χ0v) is 18.4. The Bertz CT molecular complexity index is 1100. The monoisotopic (exact) mass is 418 g/mol. The van der Waals surface area contributed by atoms with Gasteiger partial charge in [0.2, 0.25) is 0 Å². The Kier molecular flexibility index (Phi) is 4.71.